The lowest BCUT2D eigenvalue weighted by Gasteiger charge is -2.04. The lowest BCUT2D eigenvalue weighted by Crippen LogP contribution is -2.08. The quantitative estimate of drug-likeness (QED) is 0.436. The molecule has 0 fully saturated rings. The van der Waals surface area contributed by atoms with Crippen LogP contribution in [-0.4, -0.2) is 31.1 Å². The molecule has 2 N–H and O–H groups in total. The van der Waals surface area contributed by atoms with Crippen molar-refractivity contribution in [2.45, 2.75) is 0 Å². The third-order valence-electron chi connectivity index (χ3n) is 1.77. The highest BCUT2D eigenvalue weighted by molar-refractivity contribution is 6.36. The minimum absolute atomic E-state index is 0.125. The van der Waals surface area contributed by atoms with Crippen molar-refractivity contribution in [1.29, 1.82) is 0 Å². The first-order valence-corrected chi connectivity index (χ1v) is 3.67. The van der Waals surface area contributed by atoms with Crippen LogP contribution in [0.4, 0.5) is 0 Å². The van der Waals surface area contributed by atoms with Crippen molar-refractivity contribution in [2.24, 2.45) is 0 Å². The Balaban J connectivity index is 3.20. The molecule has 0 bridgehead atoms. The van der Waals surface area contributed by atoms with Crippen molar-refractivity contribution in [3.8, 4) is 11.5 Å². The molecule has 0 spiro atoms. The summed E-state index contributed by atoms with van der Waals surface area (Å²) in [5, 5.41) is 18.5. The van der Waals surface area contributed by atoms with Gasteiger partial charge in [-0.25, -0.2) is 4.79 Å². The molecule has 0 aliphatic heterocycles. The summed E-state index contributed by atoms with van der Waals surface area (Å²) in [5.41, 5.74) is 0.468. The predicted molar refractivity (Wildman–Crippen MR) is 49.3 cm³/mol. The van der Waals surface area contributed by atoms with Gasteiger partial charge < -0.3 is 14.9 Å². The van der Waals surface area contributed by atoms with Gasteiger partial charge in [0, 0.05) is 0 Å². The number of methoxy groups -OCH3 is 1. The molecule has 68 valence electrons. The smallest absolute Gasteiger partial charge is 0.338 e. The van der Waals surface area contributed by atoms with Crippen molar-refractivity contribution in [1.82, 2.24) is 0 Å². The van der Waals surface area contributed by atoms with E-state index in [9.17, 15) is 15.0 Å². The van der Waals surface area contributed by atoms with Crippen LogP contribution in [-0.2, 0) is 4.74 Å². The van der Waals surface area contributed by atoms with Gasteiger partial charge in [0.15, 0.2) is 0 Å². The first-order chi connectivity index (χ1) is 6.06. The highest BCUT2D eigenvalue weighted by atomic mass is 16.5. The van der Waals surface area contributed by atoms with E-state index in [1.807, 2.05) is 0 Å². The zero-order valence-corrected chi connectivity index (χ0v) is 7.37. The topological polar surface area (TPSA) is 66.8 Å². The molecule has 0 radical (unpaired) electrons. The van der Waals surface area contributed by atoms with Gasteiger partial charge in [-0.05, 0) is 17.6 Å². The van der Waals surface area contributed by atoms with Gasteiger partial charge >= 0.3 is 5.97 Å². The summed E-state index contributed by atoms with van der Waals surface area (Å²) >= 11 is 0. The summed E-state index contributed by atoms with van der Waals surface area (Å²) in [5.74, 6) is -0.841. The van der Waals surface area contributed by atoms with Gasteiger partial charge in [0.1, 0.15) is 19.3 Å². The molecule has 0 saturated carbocycles. The van der Waals surface area contributed by atoms with Gasteiger partial charge in [0.05, 0.1) is 12.7 Å². The highest BCUT2D eigenvalue weighted by Gasteiger charge is 2.10. The summed E-state index contributed by atoms with van der Waals surface area (Å²) in [6, 6.07) is 2.50. The maximum atomic E-state index is 11.0. The fourth-order valence-electron chi connectivity index (χ4n) is 0.920. The fraction of sp³-hybridized carbons (Fsp3) is 0.125. The minimum Gasteiger partial charge on any atom is -0.508 e. The van der Waals surface area contributed by atoms with E-state index in [2.05, 4.69) is 4.74 Å². The largest absolute Gasteiger partial charge is 0.508 e. The highest BCUT2D eigenvalue weighted by Crippen LogP contribution is 2.17. The number of phenols is 2. The summed E-state index contributed by atoms with van der Waals surface area (Å²) < 4.78 is 4.42. The van der Waals surface area contributed by atoms with Crippen LogP contribution in [0.3, 0.4) is 0 Å². The van der Waals surface area contributed by atoms with E-state index >= 15 is 0 Å². The number of carbonyl (C=O) groups is 1. The maximum Gasteiger partial charge on any atom is 0.338 e. The van der Waals surface area contributed by atoms with Gasteiger partial charge in [-0.3, -0.25) is 0 Å². The second-order valence-electron chi connectivity index (χ2n) is 2.63. The second-order valence-corrected chi connectivity index (χ2v) is 2.63. The molecule has 4 nitrogen and oxygen atoms in total. The van der Waals surface area contributed by atoms with Crippen LogP contribution in [0.2, 0.25) is 0 Å². The number of esters is 1. The van der Waals surface area contributed by atoms with Crippen LogP contribution in [0.25, 0.3) is 0 Å². The number of phenolic OH excluding ortho intramolecular Hbond substituents is 2. The number of benzene rings is 1. The number of aromatic hydroxyl groups is 2. The molecule has 0 heterocycles. The van der Waals surface area contributed by atoms with Crippen molar-refractivity contribution in [3.63, 3.8) is 0 Å². The van der Waals surface area contributed by atoms with Gasteiger partial charge in [-0.2, -0.15) is 0 Å². The van der Waals surface area contributed by atoms with Crippen LogP contribution >= 0.6 is 0 Å². The molecule has 0 unspecified atom stereocenters. The van der Waals surface area contributed by atoms with E-state index in [1.165, 1.54) is 19.2 Å². The van der Waals surface area contributed by atoms with Gasteiger partial charge in [-0.15, -0.1) is 0 Å². The molecule has 0 aliphatic carbocycles. The fourth-order valence-corrected chi connectivity index (χ4v) is 0.920. The SMILES string of the molecule is Bc1c(O)cc(C(=O)OC)cc1O. The average molecular weight is 180 g/mol. The molecule has 5 heteroatoms. The van der Waals surface area contributed by atoms with E-state index in [0.717, 1.165) is 0 Å². The van der Waals surface area contributed by atoms with Crippen LogP contribution in [0.1, 0.15) is 10.4 Å². The van der Waals surface area contributed by atoms with E-state index in [1.54, 1.807) is 7.85 Å². The van der Waals surface area contributed by atoms with Crippen molar-refractivity contribution in [2.75, 3.05) is 7.11 Å². The molecule has 0 amide bonds. The van der Waals surface area contributed by atoms with Crippen molar-refractivity contribution < 1.29 is 19.7 Å². The van der Waals surface area contributed by atoms with E-state index in [4.69, 9.17) is 0 Å². The Bertz CT molecular complexity index is 325. The summed E-state index contributed by atoms with van der Waals surface area (Å²) in [6.07, 6.45) is 0. The third kappa shape index (κ3) is 1.74. The third-order valence-corrected chi connectivity index (χ3v) is 1.77. The Morgan fingerprint density at radius 1 is 1.38 bits per heavy atom. The molecule has 0 atom stereocenters. The minimum atomic E-state index is -0.592. The van der Waals surface area contributed by atoms with Gasteiger partial charge in [-0.1, -0.05) is 0 Å². The monoisotopic (exact) mass is 180 g/mol. The summed E-state index contributed by atoms with van der Waals surface area (Å²) in [7, 11) is 2.78. The van der Waals surface area contributed by atoms with Crippen LogP contribution in [0, 0.1) is 0 Å². The van der Waals surface area contributed by atoms with Crippen LogP contribution in [0.5, 0.6) is 11.5 Å². The Labute approximate surface area is 76.2 Å². The number of hydrogen-bond acceptors (Lipinski definition) is 4. The molecular weight excluding hydrogens is 171 g/mol. The molecule has 1 aromatic carbocycles. The molecular formula is C8H9BO4. The molecule has 0 aromatic heterocycles. The predicted octanol–water partition coefficient (Wildman–Crippen LogP) is -0.857. The summed E-state index contributed by atoms with van der Waals surface area (Å²) in [4.78, 5) is 11.0. The first kappa shape index (κ1) is 9.44. The Morgan fingerprint density at radius 2 is 1.85 bits per heavy atom. The number of carbonyl (C=O) groups excluding carboxylic acids is 1. The number of rotatable bonds is 1. The lowest BCUT2D eigenvalue weighted by atomic mass is 9.92. The second kappa shape index (κ2) is 3.39. The van der Waals surface area contributed by atoms with E-state index < -0.39 is 5.97 Å². The van der Waals surface area contributed by atoms with Crippen LogP contribution < -0.4 is 5.46 Å². The van der Waals surface area contributed by atoms with Gasteiger partial charge in [0.2, 0.25) is 0 Å². The maximum absolute atomic E-state index is 11.0. The standard InChI is InChI=1S/C8H9BO4/c1-13-8(12)4-2-5(10)7(9)6(11)3-4/h2-3,10-11H,9H2,1H3. The van der Waals surface area contributed by atoms with E-state index in [-0.39, 0.29) is 17.1 Å². The van der Waals surface area contributed by atoms with Crippen molar-refractivity contribution in [3.05, 3.63) is 17.7 Å². The average Bonchev–Trinajstić information content (AvgIpc) is 2.12. The zero-order chi connectivity index (χ0) is 10.0. The zero-order valence-electron chi connectivity index (χ0n) is 7.37. The van der Waals surface area contributed by atoms with E-state index in [0.29, 0.717) is 5.46 Å². The molecule has 0 aliphatic rings. The Kier molecular flexibility index (Phi) is 2.46. The Hall–Kier alpha value is -1.65. The van der Waals surface area contributed by atoms with Crippen molar-refractivity contribution >= 4 is 19.3 Å². The number of ether oxygens (including phenoxy) is 1. The molecule has 13 heavy (non-hydrogen) atoms. The number of hydrogen-bond donors (Lipinski definition) is 2. The normalized spacial score (nSPS) is 9.62. The molecule has 1 rings (SSSR count). The summed E-state index contributed by atoms with van der Waals surface area (Å²) in [6.45, 7) is 0. The molecule has 1 aromatic rings. The molecule has 0 saturated heterocycles. The Morgan fingerprint density at radius 3 is 2.23 bits per heavy atom. The van der Waals surface area contributed by atoms with Gasteiger partial charge in [0.25, 0.3) is 0 Å². The lowest BCUT2D eigenvalue weighted by molar-refractivity contribution is 0.0600. The first-order valence-electron chi connectivity index (χ1n) is 3.67. The van der Waals surface area contributed by atoms with Crippen LogP contribution in [0.15, 0.2) is 12.1 Å².